The molecular weight excluding hydrogens is 328 g/mol. The number of benzene rings is 2. The molecule has 5 heteroatoms. The second-order valence-corrected chi connectivity index (χ2v) is 6.07. The van der Waals surface area contributed by atoms with Gasteiger partial charge in [0.05, 0.1) is 6.61 Å². The monoisotopic (exact) mass is 350 g/mol. The first-order valence-electron chi connectivity index (χ1n) is 8.62. The maximum atomic E-state index is 12.9. The minimum absolute atomic E-state index is 0.0951. The lowest BCUT2D eigenvalue weighted by Gasteiger charge is -2.17. The Morgan fingerprint density at radius 1 is 1.08 bits per heavy atom. The summed E-state index contributed by atoms with van der Waals surface area (Å²) >= 11 is 0. The number of carbonyl (C=O) groups is 1. The van der Waals surface area contributed by atoms with Crippen molar-refractivity contribution in [1.82, 2.24) is 10.1 Å². The SMILES string of the molecule is Cc1onc(-c2ccccc2)c1C(=O)N(C)CCCOc1ccccc1. The second kappa shape index (κ2) is 8.34. The van der Waals surface area contributed by atoms with Gasteiger partial charge < -0.3 is 14.2 Å². The fraction of sp³-hybridized carbons (Fsp3) is 0.238. The van der Waals surface area contributed by atoms with Crippen molar-refractivity contribution in [3.05, 3.63) is 72.0 Å². The fourth-order valence-corrected chi connectivity index (χ4v) is 2.72. The molecule has 2 aromatic carbocycles. The van der Waals surface area contributed by atoms with E-state index in [1.54, 1.807) is 18.9 Å². The minimum Gasteiger partial charge on any atom is -0.494 e. The lowest BCUT2D eigenvalue weighted by atomic mass is 10.1. The van der Waals surface area contributed by atoms with Gasteiger partial charge in [-0.25, -0.2) is 0 Å². The Bertz CT molecular complexity index is 844. The van der Waals surface area contributed by atoms with Gasteiger partial charge in [0, 0.05) is 19.2 Å². The Hall–Kier alpha value is -3.08. The van der Waals surface area contributed by atoms with Gasteiger partial charge in [0.15, 0.2) is 0 Å². The van der Waals surface area contributed by atoms with E-state index in [1.807, 2.05) is 60.7 Å². The number of amides is 1. The Morgan fingerprint density at radius 2 is 1.73 bits per heavy atom. The molecule has 0 unspecified atom stereocenters. The Morgan fingerprint density at radius 3 is 2.42 bits per heavy atom. The number of nitrogens with zero attached hydrogens (tertiary/aromatic N) is 2. The standard InChI is InChI=1S/C21H22N2O3/c1-16-19(20(22-26-16)17-10-5-3-6-11-17)21(24)23(2)14-9-15-25-18-12-7-4-8-13-18/h3-8,10-13H,9,14-15H2,1-2H3. The molecule has 1 heterocycles. The lowest BCUT2D eigenvalue weighted by Crippen LogP contribution is -2.29. The van der Waals surface area contributed by atoms with Crippen molar-refractivity contribution in [2.24, 2.45) is 0 Å². The predicted molar refractivity (Wildman–Crippen MR) is 100 cm³/mol. The van der Waals surface area contributed by atoms with Crippen molar-refractivity contribution >= 4 is 5.91 Å². The van der Waals surface area contributed by atoms with E-state index in [1.165, 1.54) is 0 Å². The largest absolute Gasteiger partial charge is 0.494 e. The smallest absolute Gasteiger partial charge is 0.259 e. The number of aromatic nitrogens is 1. The van der Waals surface area contributed by atoms with Gasteiger partial charge in [-0.2, -0.15) is 0 Å². The second-order valence-electron chi connectivity index (χ2n) is 6.07. The van der Waals surface area contributed by atoms with Crippen LogP contribution in [0.2, 0.25) is 0 Å². The molecule has 5 nitrogen and oxygen atoms in total. The Kier molecular flexibility index (Phi) is 5.69. The van der Waals surface area contributed by atoms with Gasteiger partial charge in [0.25, 0.3) is 5.91 Å². The van der Waals surface area contributed by atoms with Crippen LogP contribution in [0.15, 0.2) is 65.2 Å². The van der Waals surface area contributed by atoms with Crippen LogP contribution in [0.3, 0.4) is 0 Å². The van der Waals surface area contributed by atoms with Crippen molar-refractivity contribution in [1.29, 1.82) is 0 Å². The molecule has 0 bridgehead atoms. The Balaban J connectivity index is 1.61. The van der Waals surface area contributed by atoms with E-state index >= 15 is 0 Å². The lowest BCUT2D eigenvalue weighted by molar-refractivity contribution is 0.0787. The summed E-state index contributed by atoms with van der Waals surface area (Å²) in [6.45, 7) is 2.90. The molecule has 1 aromatic heterocycles. The molecule has 0 atom stereocenters. The summed E-state index contributed by atoms with van der Waals surface area (Å²) < 4.78 is 11.0. The quantitative estimate of drug-likeness (QED) is 0.600. The number of aryl methyl sites for hydroxylation is 1. The summed E-state index contributed by atoms with van der Waals surface area (Å²) in [6, 6.07) is 19.3. The summed E-state index contributed by atoms with van der Waals surface area (Å²) in [6.07, 6.45) is 0.738. The zero-order chi connectivity index (χ0) is 18.4. The van der Waals surface area contributed by atoms with Crippen LogP contribution in [-0.4, -0.2) is 36.2 Å². The van der Waals surface area contributed by atoms with Gasteiger partial charge in [0.2, 0.25) is 0 Å². The van der Waals surface area contributed by atoms with E-state index in [-0.39, 0.29) is 5.91 Å². The molecule has 0 spiro atoms. The molecule has 0 N–H and O–H groups in total. The van der Waals surface area contributed by atoms with Gasteiger partial charge in [0.1, 0.15) is 22.8 Å². The van der Waals surface area contributed by atoms with Gasteiger partial charge in [-0.15, -0.1) is 0 Å². The molecule has 3 aromatic rings. The maximum absolute atomic E-state index is 12.9. The molecule has 26 heavy (non-hydrogen) atoms. The molecule has 0 aliphatic rings. The number of hydrogen-bond acceptors (Lipinski definition) is 4. The first-order valence-corrected chi connectivity index (χ1v) is 8.62. The highest BCUT2D eigenvalue weighted by Gasteiger charge is 2.24. The van der Waals surface area contributed by atoms with Crippen LogP contribution in [0.4, 0.5) is 0 Å². The van der Waals surface area contributed by atoms with E-state index < -0.39 is 0 Å². The van der Waals surface area contributed by atoms with Gasteiger partial charge in [-0.3, -0.25) is 4.79 Å². The average Bonchev–Trinajstić information content (AvgIpc) is 3.07. The summed E-state index contributed by atoms with van der Waals surface area (Å²) in [7, 11) is 1.78. The van der Waals surface area contributed by atoms with E-state index in [2.05, 4.69) is 5.16 Å². The van der Waals surface area contributed by atoms with Crippen LogP contribution in [0.1, 0.15) is 22.5 Å². The number of rotatable bonds is 7. The first kappa shape index (κ1) is 17.7. The fourth-order valence-electron chi connectivity index (χ4n) is 2.72. The number of carbonyl (C=O) groups excluding carboxylic acids is 1. The number of para-hydroxylation sites is 1. The third-order valence-corrected chi connectivity index (χ3v) is 4.12. The molecule has 134 valence electrons. The van der Waals surface area contributed by atoms with Crippen LogP contribution in [0, 0.1) is 6.92 Å². The highest BCUT2D eigenvalue weighted by atomic mass is 16.5. The van der Waals surface area contributed by atoms with Crippen molar-refractivity contribution in [2.75, 3.05) is 20.2 Å². The number of ether oxygens (including phenoxy) is 1. The molecule has 0 fully saturated rings. The molecule has 0 aliphatic carbocycles. The van der Waals surface area contributed by atoms with Crippen LogP contribution in [0.25, 0.3) is 11.3 Å². The van der Waals surface area contributed by atoms with Gasteiger partial charge in [-0.1, -0.05) is 53.7 Å². The normalized spacial score (nSPS) is 10.5. The minimum atomic E-state index is -0.0951. The molecule has 0 saturated carbocycles. The summed E-state index contributed by atoms with van der Waals surface area (Å²) in [5.41, 5.74) is 1.97. The highest BCUT2D eigenvalue weighted by Crippen LogP contribution is 2.26. The first-order chi connectivity index (χ1) is 12.7. The molecular formula is C21H22N2O3. The van der Waals surface area contributed by atoms with Crippen molar-refractivity contribution in [3.63, 3.8) is 0 Å². The van der Waals surface area contributed by atoms with Gasteiger partial charge in [-0.05, 0) is 25.5 Å². The van der Waals surface area contributed by atoms with E-state index in [0.29, 0.717) is 30.2 Å². The van der Waals surface area contributed by atoms with E-state index in [0.717, 1.165) is 17.7 Å². The van der Waals surface area contributed by atoms with Gasteiger partial charge >= 0.3 is 0 Å². The topological polar surface area (TPSA) is 55.6 Å². The van der Waals surface area contributed by atoms with Crippen LogP contribution in [0.5, 0.6) is 5.75 Å². The zero-order valence-electron chi connectivity index (χ0n) is 15.0. The molecule has 0 radical (unpaired) electrons. The highest BCUT2D eigenvalue weighted by molar-refractivity contribution is 6.00. The Labute approximate surface area is 153 Å². The summed E-state index contributed by atoms with van der Waals surface area (Å²) in [4.78, 5) is 14.6. The van der Waals surface area contributed by atoms with Crippen LogP contribution < -0.4 is 4.74 Å². The predicted octanol–water partition coefficient (Wildman–Crippen LogP) is 4.19. The van der Waals surface area contributed by atoms with E-state index in [4.69, 9.17) is 9.26 Å². The summed E-state index contributed by atoms with van der Waals surface area (Å²) in [5, 5.41) is 4.08. The van der Waals surface area contributed by atoms with Crippen LogP contribution in [-0.2, 0) is 0 Å². The van der Waals surface area contributed by atoms with Crippen molar-refractivity contribution in [3.8, 4) is 17.0 Å². The molecule has 0 aliphatic heterocycles. The average molecular weight is 350 g/mol. The van der Waals surface area contributed by atoms with Crippen molar-refractivity contribution in [2.45, 2.75) is 13.3 Å². The van der Waals surface area contributed by atoms with Crippen LogP contribution >= 0.6 is 0 Å². The molecule has 3 rings (SSSR count). The number of hydrogen-bond donors (Lipinski definition) is 0. The maximum Gasteiger partial charge on any atom is 0.259 e. The summed E-state index contributed by atoms with van der Waals surface area (Å²) in [5.74, 6) is 1.27. The van der Waals surface area contributed by atoms with Crippen molar-refractivity contribution < 1.29 is 14.1 Å². The zero-order valence-corrected chi connectivity index (χ0v) is 15.0. The third kappa shape index (κ3) is 4.11. The third-order valence-electron chi connectivity index (χ3n) is 4.12. The molecule has 1 amide bonds. The molecule has 0 saturated heterocycles. The van der Waals surface area contributed by atoms with E-state index in [9.17, 15) is 4.79 Å².